The third-order valence-corrected chi connectivity index (χ3v) is 6.77. The van der Waals surface area contributed by atoms with Crippen LogP contribution < -0.4 is 14.8 Å². The molecule has 206 valence electrons. The average molecular weight is 640 g/mol. The zero-order valence-corrected chi connectivity index (χ0v) is 23.7. The Morgan fingerprint density at radius 2 is 2.03 bits per heavy atom. The largest absolute Gasteiger partial charge is 0.493 e. The Labute approximate surface area is 235 Å². The van der Waals surface area contributed by atoms with Gasteiger partial charge >= 0.3 is 0 Å². The van der Waals surface area contributed by atoms with E-state index < -0.39 is 24.2 Å². The van der Waals surface area contributed by atoms with Crippen LogP contribution in [0, 0.1) is 3.57 Å². The Kier molecular flexibility index (Phi) is 10.8. The van der Waals surface area contributed by atoms with Crippen LogP contribution in [0.25, 0.3) is 0 Å². The summed E-state index contributed by atoms with van der Waals surface area (Å²) in [6.45, 7) is 3.38. The molecule has 3 atom stereocenters. The molecule has 3 rings (SSSR count). The van der Waals surface area contributed by atoms with Gasteiger partial charge in [-0.1, -0.05) is 5.57 Å². The predicted octanol–water partition coefficient (Wildman–Crippen LogP) is 2.30. The number of furan rings is 1. The van der Waals surface area contributed by atoms with E-state index in [9.17, 15) is 24.9 Å². The number of aliphatic hydroxyl groups excluding tert-OH is 3. The van der Waals surface area contributed by atoms with Crippen LogP contribution in [0.2, 0.25) is 0 Å². The third kappa shape index (κ3) is 7.37. The van der Waals surface area contributed by atoms with Crippen LogP contribution in [-0.2, 0) is 22.7 Å². The fourth-order valence-electron chi connectivity index (χ4n) is 4.16. The molecule has 4 N–H and O–H groups in total. The van der Waals surface area contributed by atoms with E-state index in [-0.39, 0.29) is 38.6 Å². The van der Waals surface area contributed by atoms with Crippen molar-refractivity contribution in [3.05, 3.63) is 68.7 Å². The van der Waals surface area contributed by atoms with Crippen LogP contribution in [-0.4, -0.2) is 70.5 Å². The van der Waals surface area contributed by atoms with Crippen LogP contribution >= 0.6 is 22.6 Å². The number of rotatable bonds is 11. The number of allylic oxidation sites excluding steroid dienone is 1. The second-order valence-electron chi connectivity index (χ2n) is 9.10. The maximum absolute atomic E-state index is 13.3. The number of carbonyl (C=O) groups excluding carboxylic acids is 2. The monoisotopic (exact) mass is 640 g/mol. The lowest BCUT2D eigenvalue weighted by molar-refractivity contribution is -0.134. The van der Waals surface area contributed by atoms with Crippen molar-refractivity contribution in [2.45, 2.75) is 51.7 Å². The second kappa shape index (κ2) is 13.8. The minimum Gasteiger partial charge on any atom is -0.493 e. The van der Waals surface area contributed by atoms with E-state index in [1.54, 1.807) is 32.0 Å². The van der Waals surface area contributed by atoms with E-state index in [4.69, 9.17) is 13.9 Å². The molecule has 0 fully saturated rings. The number of ether oxygens (including phenoxy) is 2. The van der Waals surface area contributed by atoms with Crippen molar-refractivity contribution < 1.29 is 38.8 Å². The van der Waals surface area contributed by atoms with Gasteiger partial charge in [0.15, 0.2) is 11.5 Å². The van der Waals surface area contributed by atoms with Gasteiger partial charge in [0.2, 0.25) is 11.8 Å². The first kappa shape index (κ1) is 29.7. The van der Waals surface area contributed by atoms with Crippen molar-refractivity contribution in [2.75, 3.05) is 20.3 Å². The van der Waals surface area contributed by atoms with Gasteiger partial charge in [0.05, 0.1) is 42.5 Å². The summed E-state index contributed by atoms with van der Waals surface area (Å²) in [6.07, 6.45) is 3.88. The Balaban J connectivity index is 2.04. The van der Waals surface area contributed by atoms with E-state index in [0.717, 1.165) is 11.1 Å². The number of benzene rings is 1. The smallest absolute Gasteiger partial charge is 0.247 e. The molecule has 0 saturated carbocycles. The number of carbonyl (C=O) groups is 2. The first-order valence-electron chi connectivity index (χ1n) is 12.1. The number of nitrogens with one attached hydrogen (secondary N) is 1. The summed E-state index contributed by atoms with van der Waals surface area (Å²) in [5.74, 6) is -0.0746. The summed E-state index contributed by atoms with van der Waals surface area (Å²) in [6, 6.07) is 4.27. The minimum atomic E-state index is -1.20. The molecule has 10 nitrogen and oxygen atoms in total. The molecule has 1 aliphatic rings. The van der Waals surface area contributed by atoms with Gasteiger partial charge < -0.3 is 39.4 Å². The zero-order chi connectivity index (χ0) is 27.8. The molecule has 0 radical (unpaired) electrons. The molecule has 1 aliphatic carbocycles. The van der Waals surface area contributed by atoms with Gasteiger partial charge in [-0.15, -0.1) is 0 Å². The number of nitrogens with zero attached hydrogens (tertiary/aromatic N) is 1. The number of hydrogen-bond acceptors (Lipinski definition) is 8. The first-order valence-corrected chi connectivity index (χ1v) is 13.1. The van der Waals surface area contributed by atoms with Gasteiger partial charge in [0, 0.05) is 36.7 Å². The molecule has 0 bridgehead atoms. The van der Waals surface area contributed by atoms with Crippen LogP contribution in [0.1, 0.15) is 31.4 Å². The summed E-state index contributed by atoms with van der Waals surface area (Å²) in [4.78, 5) is 27.8. The maximum atomic E-state index is 13.3. The predicted molar refractivity (Wildman–Crippen MR) is 147 cm³/mol. The topological polar surface area (TPSA) is 142 Å². The van der Waals surface area contributed by atoms with Crippen LogP contribution in [0.5, 0.6) is 11.5 Å². The molecule has 0 spiro atoms. The minimum absolute atomic E-state index is 0.0543. The highest BCUT2D eigenvalue weighted by Gasteiger charge is 2.40. The summed E-state index contributed by atoms with van der Waals surface area (Å²) in [5.41, 5.74) is 2.44. The van der Waals surface area contributed by atoms with Crippen molar-refractivity contribution in [1.29, 1.82) is 0 Å². The Morgan fingerprint density at radius 1 is 1.26 bits per heavy atom. The van der Waals surface area contributed by atoms with Gasteiger partial charge in [-0.3, -0.25) is 9.59 Å². The summed E-state index contributed by atoms with van der Waals surface area (Å²) in [5, 5.41) is 32.9. The van der Waals surface area contributed by atoms with Gasteiger partial charge in [-0.2, -0.15) is 0 Å². The maximum Gasteiger partial charge on any atom is 0.247 e. The standard InChI is InChI=1S/C27H33IN2O8/c1-16(2)8-24(33)30(13-17-4-7-37-15-17)21-11-19(27(35)29-5-6-31)12-22(25(21)34)38-26-20(28)9-18(14-32)10-23(26)36-3/h4,7-10,12,15,21-22,25,31-32,34H,5-6,11,13-14H2,1-3H3,(H,29,35). The lowest BCUT2D eigenvalue weighted by Gasteiger charge is -2.40. The molecule has 0 saturated heterocycles. The summed E-state index contributed by atoms with van der Waals surface area (Å²) < 4.78 is 17.5. The van der Waals surface area contributed by atoms with Crippen molar-refractivity contribution in [1.82, 2.24) is 10.2 Å². The van der Waals surface area contributed by atoms with E-state index in [0.29, 0.717) is 26.2 Å². The Hall–Kier alpha value is -2.87. The quantitative estimate of drug-likeness (QED) is 0.217. The number of hydrogen-bond donors (Lipinski definition) is 4. The molecule has 1 aromatic carbocycles. The van der Waals surface area contributed by atoms with Crippen molar-refractivity contribution in [3.8, 4) is 11.5 Å². The molecule has 1 aromatic heterocycles. The van der Waals surface area contributed by atoms with E-state index in [2.05, 4.69) is 5.32 Å². The first-order chi connectivity index (χ1) is 18.2. The van der Waals surface area contributed by atoms with Crippen molar-refractivity contribution in [3.63, 3.8) is 0 Å². The van der Waals surface area contributed by atoms with Gasteiger partial charge in [0.25, 0.3) is 0 Å². The molecule has 1 heterocycles. The van der Waals surface area contributed by atoms with E-state index in [1.165, 1.54) is 36.7 Å². The van der Waals surface area contributed by atoms with Crippen LogP contribution in [0.15, 0.2) is 58.4 Å². The SMILES string of the molecule is COc1cc(CO)cc(I)c1OC1C=C(C(=O)NCCO)CC(N(Cc2ccoc2)C(=O)C=C(C)C)C1O. The van der Waals surface area contributed by atoms with E-state index >= 15 is 0 Å². The molecular weight excluding hydrogens is 607 g/mol. The average Bonchev–Trinajstić information content (AvgIpc) is 3.40. The molecule has 0 aliphatic heterocycles. The van der Waals surface area contributed by atoms with Crippen LogP contribution in [0.4, 0.5) is 0 Å². The molecule has 3 unspecified atom stereocenters. The zero-order valence-electron chi connectivity index (χ0n) is 21.5. The summed E-state index contributed by atoms with van der Waals surface area (Å²) in [7, 11) is 1.47. The molecular formula is C27H33IN2O8. The molecule has 38 heavy (non-hydrogen) atoms. The fraction of sp³-hybridized carbons (Fsp3) is 0.407. The molecule has 2 amide bonds. The Bertz CT molecular complexity index is 1170. The highest BCUT2D eigenvalue weighted by Crippen LogP contribution is 2.37. The number of amides is 2. The summed E-state index contributed by atoms with van der Waals surface area (Å²) >= 11 is 2.05. The number of halogens is 1. The second-order valence-corrected chi connectivity index (χ2v) is 10.3. The Morgan fingerprint density at radius 3 is 2.63 bits per heavy atom. The van der Waals surface area contributed by atoms with Gasteiger partial charge in [-0.05, 0) is 66.3 Å². The molecule has 11 heteroatoms. The third-order valence-electron chi connectivity index (χ3n) is 5.97. The lowest BCUT2D eigenvalue weighted by Crippen LogP contribution is -2.54. The lowest BCUT2D eigenvalue weighted by atomic mass is 9.87. The normalized spacial score (nSPS) is 18.8. The highest BCUT2D eigenvalue weighted by molar-refractivity contribution is 14.1. The molecule has 2 aromatic rings. The van der Waals surface area contributed by atoms with E-state index in [1.807, 2.05) is 22.6 Å². The van der Waals surface area contributed by atoms with Gasteiger partial charge in [0.1, 0.15) is 12.2 Å². The number of methoxy groups -OCH3 is 1. The fourth-order valence-corrected chi connectivity index (χ4v) is 4.96. The van der Waals surface area contributed by atoms with Crippen molar-refractivity contribution >= 4 is 34.4 Å². The van der Waals surface area contributed by atoms with Gasteiger partial charge in [-0.25, -0.2) is 0 Å². The number of aliphatic hydroxyl groups is 3. The van der Waals surface area contributed by atoms with Crippen molar-refractivity contribution in [2.24, 2.45) is 0 Å². The van der Waals surface area contributed by atoms with Crippen LogP contribution in [0.3, 0.4) is 0 Å². The highest BCUT2D eigenvalue weighted by atomic mass is 127.